The van der Waals surface area contributed by atoms with Crippen LogP contribution in [0.15, 0.2) is 12.1 Å². The molecule has 2 aliphatic carbocycles. The van der Waals surface area contributed by atoms with Crippen molar-refractivity contribution in [3.8, 4) is 17.6 Å². The molecule has 3 aliphatic rings. The third kappa shape index (κ3) is 5.55. The van der Waals surface area contributed by atoms with E-state index in [1.54, 1.807) is 16.9 Å². The number of benzene rings is 1. The number of piperazine rings is 1. The summed E-state index contributed by atoms with van der Waals surface area (Å²) in [5.74, 6) is 7.26. The van der Waals surface area contributed by atoms with Gasteiger partial charge >= 0.3 is 12.1 Å². The molecule has 1 aromatic rings. The molecule has 0 unspecified atom stereocenters. The van der Waals surface area contributed by atoms with Gasteiger partial charge in [-0.25, -0.2) is 9.59 Å². The molecule has 1 aromatic carbocycles. The Hall–Kier alpha value is -2.59. The zero-order valence-electron chi connectivity index (χ0n) is 20.7. The largest absolute Gasteiger partial charge is 0.495 e. The molecule has 0 spiro atoms. The summed E-state index contributed by atoms with van der Waals surface area (Å²) in [5.41, 5.74) is 1.12. The molecule has 4 rings (SSSR count). The number of halogens is 1. The molecule has 1 aliphatic heterocycles. The van der Waals surface area contributed by atoms with Crippen molar-refractivity contribution in [3.05, 3.63) is 28.3 Å². The van der Waals surface area contributed by atoms with E-state index in [-0.39, 0.29) is 17.5 Å². The van der Waals surface area contributed by atoms with E-state index < -0.39 is 11.1 Å². The van der Waals surface area contributed by atoms with Crippen molar-refractivity contribution in [2.24, 2.45) is 0 Å². The first kappa shape index (κ1) is 24.5. The van der Waals surface area contributed by atoms with Gasteiger partial charge in [-0.15, -0.1) is 0 Å². The van der Waals surface area contributed by atoms with E-state index in [0.29, 0.717) is 37.0 Å². The van der Waals surface area contributed by atoms with E-state index in [0.717, 1.165) is 36.8 Å². The number of amides is 3. The minimum absolute atomic E-state index is 0.105. The number of hydrogen-bond donors (Lipinski definition) is 1. The highest BCUT2D eigenvalue weighted by molar-refractivity contribution is 6.32. The minimum Gasteiger partial charge on any atom is -0.495 e. The van der Waals surface area contributed by atoms with E-state index in [1.807, 2.05) is 32.9 Å². The summed E-state index contributed by atoms with van der Waals surface area (Å²) in [4.78, 5) is 28.6. The predicted molar refractivity (Wildman–Crippen MR) is 131 cm³/mol. The summed E-state index contributed by atoms with van der Waals surface area (Å²) in [6.07, 6.45) is 3.53. The number of rotatable bonds is 3. The summed E-state index contributed by atoms with van der Waals surface area (Å²) in [5, 5.41) is 3.72. The quantitative estimate of drug-likeness (QED) is 0.635. The van der Waals surface area contributed by atoms with Gasteiger partial charge in [0.15, 0.2) is 0 Å². The van der Waals surface area contributed by atoms with Crippen LogP contribution in [0, 0.1) is 11.8 Å². The van der Waals surface area contributed by atoms with Crippen molar-refractivity contribution in [2.75, 3.05) is 33.3 Å². The van der Waals surface area contributed by atoms with Crippen molar-refractivity contribution in [3.63, 3.8) is 0 Å². The number of hydrogen-bond acceptors (Lipinski definition) is 4. The van der Waals surface area contributed by atoms with Gasteiger partial charge in [0.25, 0.3) is 0 Å². The van der Waals surface area contributed by atoms with Crippen molar-refractivity contribution in [1.29, 1.82) is 0 Å². The van der Waals surface area contributed by atoms with Gasteiger partial charge < -0.3 is 24.6 Å². The van der Waals surface area contributed by atoms with E-state index in [2.05, 4.69) is 24.1 Å². The molecule has 1 heterocycles. The highest BCUT2D eigenvalue weighted by Gasteiger charge is 2.44. The van der Waals surface area contributed by atoms with E-state index in [9.17, 15) is 9.59 Å². The lowest BCUT2D eigenvalue weighted by Crippen LogP contribution is -2.55. The first-order chi connectivity index (χ1) is 15.9. The number of carbonyl (C=O) groups excluding carboxylic acids is 2. The summed E-state index contributed by atoms with van der Waals surface area (Å²) in [6, 6.07) is 3.74. The van der Waals surface area contributed by atoms with E-state index >= 15 is 0 Å². The Morgan fingerprint density at radius 2 is 1.68 bits per heavy atom. The van der Waals surface area contributed by atoms with Crippen molar-refractivity contribution in [2.45, 2.75) is 69.9 Å². The number of nitrogens with one attached hydrogen (secondary N) is 1. The molecule has 0 aromatic heterocycles. The maximum absolute atomic E-state index is 12.9. The van der Waals surface area contributed by atoms with Crippen LogP contribution >= 0.6 is 11.6 Å². The fourth-order valence-corrected chi connectivity index (χ4v) is 4.31. The van der Waals surface area contributed by atoms with Crippen LogP contribution in [0.4, 0.5) is 9.59 Å². The lowest BCUT2D eigenvalue weighted by Gasteiger charge is -2.36. The van der Waals surface area contributed by atoms with Crippen LogP contribution in [-0.4, -0.2) is 66.4 Å². The van der Waals surface area contributed by atoms with Gasteiger partial charge in [0.2, 0.25) is 0 Å². The lowest BCUT2D eigenvalue weighted by molar-refractivity contribution is 0.0169. The molecule has 1 saturated heterocycles. The first-order valence-corrected chi connectivity index (χ1v) is 12.3. The van der Waals surface area contributed by atoms with Crippen LogP contribution < -0.4 is 10.1 Å². The highest BCUT2D eigenvalue weighted by Crippen LogP contribution is 2.50. The van der Waals surface area contributed by atoms with Gasteiger partial charge in [-0.3, -0.25) is 0 Å². The fraction of sp³-hybridized carbons (Fsp3) is 0.615. The number of carbonyl (C=O) groups is 2. The molecule has 184 valence electrons. The average Bonchev–Trinajstić information content (AvgIpc) is 3.70. The van der Waals surface area contributed by atoms with Crippen LogP contribution in [0.5, 0.6) is 5.75 Å². The summed E-state index contributed by atoms with van der Waals surface area (Å²) in [6.45, 7) is 9.59. The van der Waals surface area contributed by atoms with Crippen LogP contribution in [-0.2, 0) is 10.2 Å². The van der Waals surface area contributed by atoms with Crippen molar-refractivity contribution in [1.82, 2.24) is 15.1 Å². The standard InChI is InChI=1S/C26H34ClN3O4/c1-24(2,3)34-23(32)30-14-12-29(13-15-30)22(31)28-26(10-11-26)7-6-18-16-21(33-5)20(27)17-19(18)25(4)8-9-25/h16-17H,8-15H2,1-5H3,(H,28,31). The second kappa shape index (κ2) is 8.88. The molecular formula is C26H34ClN3O4. The van der Waals surface area contributed by atoms with Crippen LogP contribution in [0.3, 0.4) is 0 Å². The Morgan fingerprint density at radius 3 is 2.21 bits per heavy atom. The van der Waals surface area contributed by atoms with E-state index in [4.69, 9.17) is 21.1 Å². The molecule has 0 radical (unpaired) electrons. The Labute approximate surface area is 207 Å². The maximum atomic E-state index is 12.9. The van der Waals surface area contributed by atoms with Crippen LogP contribution in [0.2, 0.25) is 5.02 Å². The highest BCUT2D eigenvalue weighted by atomic mass is 35.5. The minimum atomic E-state index is -0.534. The second-order valence-electron chi connectivity index (χ2n) is 10.8. The normalized spacial score (nSPS) is 20.1. The van der Waals surface area contributed by atoms with Crippen molar-refractivity contribution < 1.29 is 19.1 Å². The smallest absolute Gasteiger partial charge is 0.410 e. The van der Waals surface area contributed by atoms with Gasteiger partial charge in [0.05, 0.1) is 12.1 Å². The Kier molecular flexibility index (Phi) is 6.41. The third-order valence-electron chi connectivity index (χ3n) is 6.69. The van der Waals surface area contributed by atoms with Crippen molar-refractivity contribution >= 4 is 23.7 Å². The number of nitrogens with zero attached hydrogens (tertiary/aromatic N) is 2. The van der Waals surface area contributed by atoms with Gasteiger partial charge in [-0.2, -0.15) is 0 Å². The van der Waals surface area contributed by atoms with Gasteiger partial charge in [0.1, 0.15) is 16.9 Å². The van der Waals surface area contributed by atoms with Gasteiger partial charge in [-0.1, -0.05) is 30.4 Å². The molecule has 34 heavy (non-hydrogen) atoms. The lowest BCUT2D eigenvalue weighted by atomic mass is 9.93. The molecule has 7 nitrogen and oxygen atoms in total. The SMILES string of the molecule is COc1cc(C#CC2(NC(=O)N3CCN(C(=O)OC(C)(C)C)CC3)CC2)c(C2(C)CC2)cc1Cl. The van der Waals surface area contributed by atoms with Gasteiger partial charge in [0, 0.05) is 31.7 Å². The summed E-state index contributed by atoms with van der Waals surface area (Å²) in [7, 11) is 1.60. The van der Waals surface area contributed by atoms with Crippen LogP contribution in [0.1, 0.15) is 64.5 Å². The molecule has 0 atom stereocenters. The Bertz CT molecular complexity index is 1040. The monoisotopic (exact) mass is 487 g/mol. The molecule has 8 heteroatoms. The summed E-state index contributed by atoms with van der Waals surface area (Å²) < 4.78 is 10.8. The predicted octanol–water partition coefficient (Wildman–Crippen LogP) is 4.55. The molecule has 1 N–H and O–H groups in total. The zero-order valence-corrected chi connectivity index (χ0v) is 21.5. The maximum Gasteiger partial charge on any atom is 0.410 e. The first-order valence-electron chi connectivity index (χ1n) is 11.9. The fourth-order valence-electron chi connectivity index (χ4n) is 4.06. The Morgan fingerprint density at radius 1 is 1.06 bits per heavy atom. The zero-order chi connectivity index (χ0) is 24.7. The number of methoxy groups -OCH3 is 1. The molecule has 3 amide bonds. The molecule has 2 saturated carbocycles. The molecule has 3 fully saturated rings. The number of ether oxygens (including phenoxy) is 2. The topological polar surface area (TPSA) is 71.1 Å². The summed E-state index contributed by atoms with van der Waals surface area (Å²) >= 11 is 6.39. The van der Waals surface area contributed by atoms with E-state index in [1.165, 1.54) is 0 Å². The van der Waals surface area contributed by atoms with Crippen LogP contribution in [0.25, 0.3) is 0 Å². The Balaban J connectivity index is 1.40. The average molecular weight is 488 g/mol. The number of urea groups is 1. The molecule has 0 bridgehead atoms. The third-order valence-corrected chi connectivity index (χ3v) is 6.99. The second-order valence-corrected chi connectivity index (χ2v) is 11.2. The molecular weight excluding hydrogens is 454 g/mol. The van der Waals surface area contributed by atoms with Gasteiger partial charge in [-0.05, 0) is 69.6 Å².